The average molecular weight is 559 g/mol. The molecular formula is C32H34N2O7. The molecule has 0 saturated heterocycles. The van der Waals surface area contributed by atoms with E-state index in [4.69, 9.17) is 9.47 Å². The first-order valence-corrected chi connectivity index (χ1v) is 13.7. The zero-order valence-corrected chi connectivity index (χ0v) is 23.0. The molecule has 0 bridgehead atoms. The smallest absolute Gasteiger partial charge is 0.323 e. The van der Waals surface area contributed by atoms with Crippen LogP contribution >= 0.6 is 0 Å². The molecule has 2 amide bonds. The molecule has 3 aromatic carbocycles. The van der Waals surface area contributed by atoms with Gasteiger partial charge in [0.05, 0.1) is 19.4 Å². The summed E-state index contributed by atoms with van der Waals surface area (Å²) < 4.78 is 10.7. The quantitative estimate of drug-likeness (QED) is 0.248. The number of nitrogens with zero attached hydrogens (tertiary/aromatic N) is 1. The van der Waals surface area contributed by atoms with Gasteiger partial charge in [-0.2, -0.15) is 0 Å². The summed E-state index contributed by atoms with van der Waals surface area (Å²) in [7, 11) is 1.58. The monoisotopic (exact) mass is 558 g/mol. The molecule has 1 aliphatic carbocycles. The molecule has 0 atom stereocenters. The number of anilines is 1. The minimum atomic E-state index is -1.14. The molecule has 0 aliphatic heterocycles. The van der Waals surface area contributed by atoms with Crippen molar-refractivity contribution in [2.45, 2.75) is 45.1 Å². The number of rotatable bonds is 11. The molecule has 9 heteroatoms. The third-order valence-electron chi connectivity index (χ3n) is 7.01. The van der Waals surface area contributed by atoms with Gasteiger partial charge in [-0.15, -0.1) is 0 Å². The number of hydrogen-bond acceptors (Lipinski definition) is 6. The Balaban J connectivity index is 1.34. The Hall–Kier alpha value is -4.66. The van der Waals surface area contributed by atoms with E-state index < -0.39 is 18.4 Å². The number of hydrogen-bond donors (Lipinski definition) is 2. The second-order valence-electron chi connectivity index (χ2n) is 10.1. The number of nitrogens with one attached hydrogen (secondary N) is 1. The maximum atomic E-state index is 13.2. The molecule has 4 rings (SSSR count). The van der Waals surface area contributed by atoms with Gasteiger partial charge in [0.1, 0.15) is 18.0 Å². The van der Waals surface area contributed by atoms with Crippen molar-refractivity contribution >= 4 is 29.4 Å². The fourth-order valence-electron chi connectivity index (χ4n) is 4.80. The number of carbonyl (C=O) groups excluding carboxylic acids is 3. The lowest BCUT2D eigenvalue weighted by Gasteiger charge is -2.22. The standard InChI is InChI=1S/C32H34N2O7/c1-40-27-15-7-22(8-16-27)19-29(35)33-26-13-11-24(12-14-26)31(38)34(21-30(36)37)20-23-9-17-28(18-10-23)41-32(39)25-5-3-2-4-6-25/h7-18,25H,2-6,19-21H2,1H3,(H,33,35)(H,36,37). The molecule has 0 radical (unpaired) electrons. The minimum Gasteiger partial charge on any atom is -0.497 e. The summed E-state index contributed by atoms with van der Waals surface area (Å²) in [5, 5.41) is 12.2. The largest absolute Gasteiger partial charge is 0.497 e. The highest BCUT2D eigenvalue weighted by Gasteiger charge is 2.23. The number of carboxylic acids is 1. The summed E-state index contributed by atoms with van der Waals surface area (Å²) >= 11 is 0. The van der Waals surface area contributed by atoms with Gasteiger partial charge in [0.2, 0.25) is 5.91 Å². The van der Waals surface area contributed by atoms with Gasteiger partial charge in [-0.1, -0.05) is 43.5 Å². The van der Waals surface area contributed by atoms with Crippen LogP contribution in [0.4, 0.5) is 5.69 Å². The highest BCUT2D eigenvalue weighted by atomic mass is 16.5. The molecule has 2 N–H and O–H groups in total. The average Bonchev–Trinajstić information content (AvgIpc) is 2.98. The number of carbonyl (C=O) groups is 4. The SMILES string of the molecule is COc1ccc(CC(=O)Nc2ccc(C(=O)N(CC(=O)O)Cc3ccc(OC(=O)C4CCCCC4)cc3)cc2)cc1. The molecule has 9 nitrogen and oxygen atoms in total. The van der Waals surface area contributed by atoms with E-state index in [1.165, 1.54) is 4.90 Å². The van der Waals surface area contributed by atoms with Gasteiger partial charge in [-0.3, -0.25) is 19.2 Å². The molecule has 1 saturated carbocycles. The Bertz CT molecular complexity index is 1350. The summed E-state index contributed by atoms with van der Waals surface area (Å²) in [6.45, 7) is -0.431. The first-order chi connectivity index (χ1) is 19.8. The fourth-order valence-corrected chi connectivity index (χ4v) is 4.80. The Morgan fingerprint density at radius 3 is 2.05 bits per heavy atom. The third-order valence-corrected chi connectivity index (χ3v) is 7.01. The van der Waals surface area contributed by atoms with Crippen molar-refractivity contribution in [2.24, 2.45) is 5.92 Å². The molecule has 0 aromatic heterocycles. The van der Waals surface area contributed by atoms with E-state index >= 15 is 0 Å². The summed E-state index contributed by atoms with van der Waals surface area (Å²) in [5.74, 6) is -0.977. The van der Waals surface area contributed by atoms with E-state index in [1.54, 1.807) is 67.8 Å². The summed E-state index contributed by atoms with van der Waals surface area (Å²) in [5.41, 5.74) is 2.33. The van der Waals surface area contributed by atoms with Crippen LogP contribution in [-0.2, 0) is 27.3 Å². The van der Waals surface area contributed by atoms with E-state index in [2.05, 4.69) is 5.32 Å². The van der Waals surface area contributed by atoms with E-state index in [-0.39, 0.29) is 36.3 Å². The fraction of sp³-hybridized carbons (Fsp3) is 0.312. The van der Waals surface area contributed by atoms with Crippen molar-refractivity contribution in [3.63, 3.8) is 0 Å². The van der Waals surface area contributed by atoms with Gasteiger partial charge in [-0.25, -0.2) is 0 Å². The summed E-state index contributed by atoms with van der Waals surface area (Å²) in [6.07, 6.45) is 5.09. The van der Waals surface area contributed by atoms with Crippen molar-refractivity contribution < 1.29 is 33.8 Å². The summed E-state index contributed by atoms with van der Waals surface area (Å²) in [6, 6.07) is 20.2. The van der Waals surface area contributed by atoms with Crippen LogP contribution in [0.15, 0.2) is 72.8 Å². The normalized spacial score (nSPS) is 13.2. The zero-order chi connectivity index (χ0) is 29.2. The second kappa shape index (κ2) is 14.1. The highest BCUT2D eigenvalue weighted by molar-refractivity contribution is 5.97. The topological polar surface area (TPSA) is 122 Å². The Kier molecular flexibility index (Phi) is 10.1. The third kappa shape index (κ3) is 8.66. The van der Waals surface area contributed by atoms with Gasteiger partial charge >= 0.3 is 11.9 Å². The van der Waals surface area contributed by atoms with Gasteiger partial charge in [0.25, 0.3) is 5.91 Å². The van der Waals surface area contributed by atoms with E-state index in [0.29, 0.717) is 22.7 Å². The van der Waals surface area contributed by atoms with Crippen LogP contribution in [0.25, 0.3) is 0 Å². The van der Waals surface area contributed by atoms with Crippen molar-refractivity contribution in [1.29, 1.82) is 0 Å². The molecule has 0 spiro atoms. The first kappa shape index (κ1) is 29.3. The van der Waals surface area contributed by atoms with Crippen molar-refractivity contribution in [3.05, 3.63) is 89.5 Å². The van der Waals surface area contributed by atoms with Crippen LogP contribution in [0.1, 0.15) is 53.6 Å². The number of esters is 1. The lowest BCUT2D eigenvalue weighted by molar-refractivity contribution is -0.140. The van der Waals surface area contributed by atoms with Gasteiger partial charge < -0.3 is 24.8 Å². The Morgan fingerprint density at radius 1 is 0.829 bits per heavy atom. The number of methoxy groups -OCH3 is 1. The van der Waals surface area contributed by atoms with Crippen LogP contribution in [0.3, 0.4) is 0 Å². The lowest BCUT2D eigenvalue weighted by atomic mass is 9.89. The highest BCUT2D eigenvalue weighted by Crippen LogP contribution is 2.26. The molecular weight excluding hydrogens is 524 g/mol. The van der Waals surface area contributed by atoms with Crippen molar-refractivity contribution in [1.82, 2.24) is 4.90 Å². The first-order valence-electron chi connectivity index (χ1n) is 13.7. The lowest BCUT2D eigenvalue weighted by Crippen LogP contribution is -2.35. The Labute approximate surface area is 239 Å². The molecule has 0 unspecified atom stereocenters. The molecule has 214 valence electrons. The number of benzene rings is 3. The van der Waals surface area contributed by atoms with E-state index in [0.717, 1.165) is 37.7 Å². The number of carboxylic acid groups (broad SMARTS) is 1. The molecule has 1 fully saturated rings. The van der Waals surface area contributed by atoms with E-state index in [1.807, 2.05) is 12.1 Å². The molecule has 41 heavy (non-hydrogen) atoms. The molecule has 0 heterocycles. The van der Waals surface area contributed by atoms with Gasteiger partial charge in [0.15, 0.2) is 0 Å². The summed E-state index contributed by atoms with van der Waals surface area (Å²) in [4.78, 5) is 50.8. The van der Waals surface area contributed by atoms with Gasteiger partial charge in [0, 0.05) is 17.8 Å². The van der Waals surface area contributed by atoms with Crippen LogP contribution in [0, 0.1) is 5.92 Å². The molecule has 1 aliphatic rings. The van der Waals surface area contributed by atoms with Crippen molar-refractivity contribution in [2.75, 3.05) is 19.0 Å². The van der Waals surface area contributed by atoms with Crippen molar-refractivity contribution in [3.8, 4) is 11.5 Å². The van der Waals surface area contributed by atoms with Crippen LogP contribution in [0.2, 0.25) is 0 Å². The van der Waals surface area contributed by atoms with Crippen LogP contribution in [0.5, 0.6) is 11.5 Å². The van der Waals surface area contributed by atoms with Crippen LogP contribution in [-0.4, -0.2) is 47.4 Å². The van der Waals surface area contributed by atoms with Gasteiger partial charge in [-0.05, 0) is 72.5 Å². The predicted octanol–water partition coefficient (Wildman–Crippen LogP) is 5.09. The minimum absolute atomic E-state index is 0.0579. The number of amides is 2. The predicted molar refractivity (Wildman–Crippen MR) is 153 cm³/mol. The number of aliphatic carboxylic acids is 1. The zero-order valence-electron chi connectivity index (χ0n) is 23.0. The maximum absolute atomic E-state index is 13.2. The van der Waals surface area contributed by atoms with E-state index in [9.17, 15) is 24.3 Å². The number of ether oxygens (including phenoxy) is 2. The second-order valence-corrected chi connectivity index (χ2v) is 10.1. The van der Waals surface area contributed by atoms with Crippen LogP contribution < -0.4 is 14.8 Å². The Morgan fingerprint density at radius 2 is 1.44 bits per heavy atom. The maximum Gasteiger partial charge on any atom is 0.323 e. The molecule has 3 aromatic rings.